The zero-order chi connectivity index (χ0) is 12.1. The van der Waals surface area contributed by atoms with Gasteiger partial charge < -0.3 is 5.32 Å². The molecule has 2 aromatic rings. The minimum absolute atomic E-state index is 0.188. The van der Waals surface area contributed by atoms with Crippen LogP contribution < -0.4 is 5.32 Å². The van der Waals surface area contributed by atoms with Crippen LogP contribution in [0.5, 0.6) is 0 Å². The van der Waals surface area contributed by atoms with Gasteiger partial charge in [0.15, 0.2) is 0 Å². The summed E-state index contributed by atoms with van der Waals surface area (Å²) in [5.41, 5.74) is 0.190. The van der Waals surface area contributed by atoms with E-state index in [2.05, 4.69) is 30.5 Å². The number of hydrogen-bond acceptors (Lipinski definition) is 5. The molecule has 2 aromatic heterocycles. The Morgan fingerprint density at radius 2 is 2.35 bits per heavy atom. The van der Waals surface area contributed by atoms with Crippen LogP contribution in [0.1, 0.15) is 16.3 Å². The van der Waals surface area contributed by atoms with Crippen molar-refractivity contribution in [2.75, 3.05) is 6.54 Å². The summed E-state index contributed by atoms with van der Waals surface area (Å²) < 4.78 is 0. The third-order valence-corrected chi connectivity index (χ3v) is 2.13. The molecule has 0 spiro atoms. The molecule has 7 nitrogen and oxygen atoms in total. The van der Waals surface area contributed by atoms with Crippen LogP contribution in [0.15, 0.2) is 18.7 Å². The van der Waals surface area contributed by atoms with Gasteiger partial charge >= 0.3 is 0 Å². The van der Waals surface area contributed by atoms with Gasteiger partial charge in [-0.2, -0.15) is 5.10 Å². The summed E-state index contributed by atoms with van der Waals surface area (Å²) in [5.74, 6) is 0.391. The van der Waals surface area contributed by atoms with Crippen molar-refractivity contribution in [2.45, 2.75) is 6.42 Å². The van der Waals surface area contributed by atoms with Crippen LogP contribution in [-0.2, 0) is 6.42 Å². The molecule has 88 valence electrons. The molecular weight excluding hydrogens is 244 g/mol. The zero-order valence-corrected chi connectivity index (χ0v) is 9.48. The van der Waals surface area contributed by atoms with Crippen LogP contribution in [0.3, 0.4) is 0 Å². The molecule has 0 unspecified atom stereocenters. The Morgan fingerprint density at radius 1 is 1.47 bits per heavy atom. The average molecular weight is 253 g/mol. The Labute approximate surface area is 102 Å². The van der Waals surface area contributed by atoms with Gasteiger partial charge in [0.05, 0.1) is 12.4 Å². The molecule has 0 radical (unpaired) electrons. The van der Waals surface area contributed by atoms with E-state index in [1.807, 2.05) is 0 Å². The first-order valence-corrected chi connectivity index (χ1v) is 5.23. The monoisotopic (exact) mass is 252 g/mol. The summed E-state index contributed by atoms with van der Waals surface area (Å²) in [6, 6.07) is 0. The fourth-order valence-corrected chi connectivity index (χ4v) is 1.34. The quantitative estimate of drug-likeness (QED) is 0.811. The molecule has 2 N–H and O–H groups in total. The normalized spacial score (nSPS) is 10.2. The molecule has 0 bridgehead atoms. The first kappa shape index (κ1) is 11.5. The topological polar surface area (TPSA) is 96.5 Å². The SMILES string of the molecule is O=C(NCCc1ncn[nH]1)c1cncc(Cl)n1. The van der Waals surface area contributed by atoms with Gasteiger partial charge in [0.1, 0.15) is 23.0 Å². The highest BCUT2D eigenvalue weighted by molar-refractivity contribution is 6.29. The van der Waals surface area contributed by atoms with Gasteiger partial charge in [-0.05, 0) is 0 Å². The predicted molar refractivity (Wildman–Crippen MR) is 59.5 cm³/mol. The standard InChI is InChI=1S/C9H9ClN6O/c10-7-4-11-3-6(15-7)9(17)12-2-1-8-13-5-14-16-8/h3-5H,1-2H2,(H,12,17)(H,13,14,16). The molecule has 0 atom stereocenters. The predicted octanol–water partition coefficient (Wildman–Crippen LogP) is 0.221. The molecule has 8 heteroatoms. The molecule has 0 saturated carbocycles. The first-order valence-electron chi connectivity index (χ1n) is 4.85. The Morgan fingerprint density at radius 3 is 3.06 bits per heavy atom. The lowest BCUT2D eigenvalue weighted by Crippen LogP contribution is -2.27. The number of nitrogens with zero attached hydrogens (tertiary/aromatic N) is 4. The van der Waals surface area contributed by atoms with E-state index < -0.39 is 0 Å². The third kappa shape index (κ3) is 3.22. The van der Waals surface area contributed by atoms with Gasteiger partial charge in [-0.3, -0.25) is 14.9 Å². The van der Waals surface area contributed by atoms with Crippen LogP contribution in [0.2, 0.25) is 5.15 Å². The molecule has 0 aliphatic carbocycles. The smallest absolute Gasteiger partial charge is 0.271 e. The molecule has 0 fully saturated rings. The zero-order valence-electron chi connectivity index (χ0n) is 8.72. The van der Waals surface area contributed by atoms with Crippen molar-refractivity contribution >= 4 is 17.5 Å². The molecule has 17 heavy (non-hydrogen) atoms. The number of carbonyl (C=O) groups is 1. The molecule has 0 aliphatic rings. The highest BCUT2D eigenvalue weighted by Crippen LogP contribution is 2.02. The summed E-state index contributed by atoms with van der Waals surface area (Å²) >= 11 is 5.63. The van der Waals surface area contributed by atoms with Crippen molar-refractivity contribution in [1.82, 2.24) is 30.5 Å². The highest BCUT2D eigenvalue weighted by Gasteiger charge is 2.07. The molecule has 1 amide bonds. The number of halogens is 1. The van der Waals surface area contributed by atoms with Crippen molar-refractivity contribution in [3.8, 4) is 0 Å². The Balaban J connectivity index is 1.85. The van der Waals surface area contributed by atoms with E-state index in [9.17, 15) is 4.79 Å². The van der Waals surface area contributed by atoms with Crippen molar-refractivity contribution in [1.29, 1.82) is 0 Å². The minimum atomic E-state index is -0.320. The van der Waals surface area contributed by atoms with Gasteiger partial charge in [-0.25, -0.2) is 9.97 Å². The molecule has 2 rings (SSSR count). The van der Waals surface area contributed by atoms with Crippen LogP contribution in [0.25, 0.3) is 0 Å². The van der Waals surface area contributed by atoms with E-state index in [1.165, 1.54) is 18.7 Å². The van der Waals surface area contributed by atoms with E-state index in [4.69, 9.17) is 11.6 Å². The second kappa shape index (κ2) is 5.35. The number of amides is 1. The van der Waals surface area contributed by atoms with Crippen LogP contribution in [0.4, 0.5) is 0 Å². The summed E-state index contributed by atoms with van der Waals surface area (Å²) in [6.07, 6.45) is 4.71. The maximum atomic E-state index is 11.6. The second-order valence-corrected chi connectivity index (χ2v) is 3.55. The largest absolute Gasteiger partial charge is 0.350 e. The van der Waals surface area contributed by atoms with Gasteiger partial charge in [0.25, 0.3) is 5.91 Å². The van der Waals surface area contributed by atoms with E-state index in [1.54, 1.807) is 0 Å². The average Bonchev–Trinajstić information content (AvgIpc) is 2.82. The number of aromatic nitrogens is 5. The van der Waals surface area contributed by atoms with E-state index in [-0.39, 0.29) is 16.8 Å². The van der Waals surface area contributed by atoms with Crippen molar-refractivity contribution in [3.05, 3.63) is 35.4 Å². The van der Waals surface area contributed by atoms with Gasteiger partial charge in [-0.15, -0.1) is 0 Å². The first-order chi connectivity index (χ1) is 8.25. The number of hydrogen-bond donors (Lipinski definition) is 2. The van der Waals surface area contributed by atoms with Crippen molar-refractivity contribution < 1.29 is 4.79 Å². The van der Waals surface area contributed by atoms with E-state index in [0.29, 0.717) is 18.8 Å². The molecule has 0 aromatic carbocycles. The van der Waals surface area contributed by atoms with Crippen LogP contribution in [0, 0.1) is 0 Å². The summed E-state index contributed by atoms with van der Waals surface area (Å²) in [7, 11) is 0. The van der Waals surface area contributed by atoms with Crippen LogP contribution in [-0.4, -0.2) is 37.6 Å². The summed E-state index contributed by atoms with van der Waals surface area (Å²) in [4.78, 5) is 23.2. The number of aromatic amines is 1. The van der Waals surface area contributed by atoms with Crippen LogP contribution >= 0.6 is 11.6 Å². The molecular formula is C9H9ClN6O. The molecule has 0 aliphatic heterocycles. The van der Waals surface area contributed by atoms with Gasteiger partial charge in [0.2, 0.25) is 0 Å². The second-order valence-electron chi connectivity index (χ2n) is 3.17. The number of rotatable bonds is 4. The number of nitrogens with one attached hydrogen (secondary N) is 2. The lowest BCUT2D eigenvalue weighted by molar-refractivity contribution is 0.0948. The summed E-state index contributed by atoms with van der Waals surface area (Å²) in [5, 5.41) is 9.26. The fraction of sp³-hybridized carbons (Fsp3) is 0.222. The Kier molecular flexibility index (Phi) is 3.61. The number of carbonyl (C=O) groups excluding carboxylic acids is 1. The lowest BCUT2D eigenvalue weighted by atomic mass is 10.3. The lowest BCUT2D eigenvalue weighted by Gasteiger charge is -2.02. The van der Waals surface area contributed by atoms with E-state index in [0.717, 1.165) is 0 Å². The van der Waals surface area contributed by atoms with Gasteiger partial charge in [-0.1, -0.05) is 11.6 Å². The third-order valence-electron chi connectivity index (χ3n) is 1.95. The summed E-state index contributed by atoms with van der Waals surface area (Å²) in [6.45, 7) is 0.433. The van der Waals surface area contributed by atoms with Gasteiger partial charge in [0, 0.05) is 13.0 Å². The number of H-pyrrole nitrogens is 1. The van der Waals surface area contributed by atoms with Crippen molar-refractivity contribution in [2.24, 2.45) is 0 Å². The highest BCUT2D eigenvalue weighted by atomic mass is 35.5. The maximum absolute atomic E-state index is 11.6. The van der Waals surface area contributed by atoms with E-state index >= 15 is 0 Å². The molecule has 2 heterocycles. The molecule has 0 saturated heterocycles. The Bertz CT molecular complexity index is 500. The minimum Gasteiger partial charge on any atom is -0.350 e. The Hall–Kier alpha value is -2.02. The fourth-order valence-electron chi connectivity index (χ4n) is 1.19. The van der Waals surface area contributed by atoms with Crippen molar-refractivity contribution in [3.63, 3.8) is 0 Å². The maximum Gasteiger partial charge on any atom is 0.271 e.